The second-order valence-corrected chi connectivity index (χ2v) is 7.31. The summed E-state index contributed by atoms with van der Waals surface area (Å²) in [4.78, 5) is 30.7. The molecule has 1 fully saturated rings. The van der Waals surface area contributed by atoms with Crippen molar-refractivity contribution in [3.05, 3.63) is 64.8 Å². The lowest BCUT2D eigenvalue weighted by Crippen LogP contribution is -2.68. The Morgan fingerprint density at radius 2 is 2.04 bits per heavy atom. The van der Waals surface area contributed by atoms with Gasteiger partial charge in [-0.3, -0.25) is 9.69 Å². The molecule has 0 radical (unpaired) electrons. The average Bonchev–Trinajstić information content (AvgIpc) is 2.68. The molecule has 1 aromatic heterocycles. The zero-order valence-electron chi connectivity index (χ0n) is 16.2. The molecule has 3 rings (SSSR count). The topological polar surface area (TPSA) is 88.4 Å². The van der Waals surface area contributed by atoms with E-state index < -0.39 is 0 Å². The second kappa shape index (κ2) is 8.45. The van der Waals surface area contributed by atoms with Gasteiger partial charge in [0.25, 0.3) is 5.82 Å². The quantitative estimate of drug-likeness (QED) is 0.470. The first-order valence-electron chi connectivity index (χ1n) is 9.46. The van der Waals surface area contributed by atoms with Gasteiger partial charge in [0.2, 0.25) is 10.9 Å². The standard InChI is InChI=1S/C20H25N5O3/c1-16(14-20(26)22-18-8-4-3-5-9-18)23-12-13-25(24(27)28,15-17(23)2)19-10-6-7-11-21-19/h3-11,16-17H,12-15H2,1-2H3/p+1. The molecule has 1 N–H and O–H groups in total. The van der Waals surface area contributed by atoms with E-state index in [1.807, 2.05) is 44.2 Å². The number of quaternary nitrogens is 1. The van der Waals surface area contributed by atoms with E-state index in [-0.39, 0.29) is 27.6 Å². The smallest absolute Gasteiger partial charge is 0.289 e. The molecular weight excluding hydrogens is 358 g/mol. The van der Waals surface area contributed by atoms with Crippen LogP contribution in [0.2, 0.25) is 0 Å². The number of hydrogen-bond donors (Lipinski definition) is 1. The van der Waals surface area contributed by atoms with Crippen molar-refractivity contribution < 1.29 is 9.83 Å². The summed E-state index contributed by atoms with van der Waals surface area (Å²) in [7, 11) is 0. The van der Waals surface area contributed by atoms with Crippen LogP contribution in [-0.4, -0.2) is 52.5 Å². The third-order valence-electron chi connectivity index (χ3n) is 5.35. The summed E-state index contributed by atoms with van der Waals surface area (Å²) in [5.74, 6) is 0.393. The van der Waals surface area contributed by atoms with E-state index in [4.69, 9.17) is 0 Å². The van der Waals surface area contributed by atoms with E-state index in [1.54, 1.807) is 24.4 Å². The maximum absolute atomic E-state index is 12.4. The van der Waals surface area contributed by atoms with E-state index in [1.165, 1.54) is 0 Å². The van der Waals surface area contributed by atoms with Crippen LogP contribution in [-0.2, 0) is 4.79 Å². The third-order valence-corrected chi connectivity index (χ3v) is 5.35. The van der Waals surface area contributed by atoms with Crippen LogP contribution >= 0.6 is 0 Å². The number of para-hydroxylation sites is 1. The van der Waals surface area contributed by atoms with Crippen LogP contribution in [0.5, 0.6) is 0 Å². The molecule has 2 heterocycles. The summed E-state index contributed by atoms with van der Waals surface area (Å²) >= 11 is 0. The maximum atomic E-state index is 12.4. The lowest BCUT2D eigenvalue weighted by molar-refractivity contribution is -0.646. The summed E-state index contributed by atoms with van der Waals surface area (Å²) in [6, 6.07) is 14.5. The number of anilines is 1. The molecule has 3 unspecified atom stereocenters. The van der Waals surface area contributed by atoms with Gasteiger partial charge in [-0.15, -0.1) is 0 Å². The average molecular weight is 384 g/mol. The zero-order chi connectivity index (χ0) is 20.1. The molecule has 1 amide bonds. The van der Waals surface area contributed by atoms with E-state index in [0.29, 0.717) is 31.9 Å². The van der Waals surface area contributed by atoms with Crippen molar-refractivity contribution in [1.29, 1.82) is 0 Å². The van der Waals surface area contributed by atoms with Gasteiger partial charge in [-0.1, -0.05) is 24.3 Å². The summed E-state index contributed by atoms with van der Waals surface area (Å²) in [5, 5.41) is 14.6. The number of rotatable bonds is 6. The number of piperazine rings is 1. The number of carbonyl (C=O) groups is 1. The Hall–Kier alpha value is -2.84. The van der Waals surface area contributed by atoms with Crippen LogP contribution in [0.3, 0.4) is 0 Å². The van der Waals surface area contributed by atoms with Crippen LogP contribution in [0.4, 0.5) is 11.5 Å². The number of benzene rings is 1. The first-order valence-corrected chi connectivity index (χ1v) is 9.46. The molecule has 0 spiro atoms. The highest BCUT2D eigenvalue weighted by atomic mass is 16.7. The molecule has 1 aliphatic rings. The molecule has 3 atom stereocenters. The normalized spacial score (nSPS) is 23.7. The van der Waals surface area contributed by atoms with E-state index in [2.05, 4.69) is 15.2 Å². The molecule has 2 aromatic rings. The molecule has 1 aromatic carbocycles. The Bertz CT molecular complexity index is 817. The largest absolute Gasteiger partial charge is 0.326 e. The monoisotopic (exact) mass is 384 g/mol. The number of carbonyl (C=O) groups excluding carboxylic acids is 1. The predicted octanol–water partition coefficient (Wildman–Crippen LogP) is 2.70. The molecule has 8 nitrogen and oxygen atoms in total. The van der Waals surface area contributed by atoms with Gasteiger partial charge in [0.05, 0.1) is 12.6 Å². The van der Waals surface area contributed by atoms with Crippen molar-refractivity contribution in [3.8, 4) is 0 Å². The van der Waals surface area contributed by atoms with Crippen LogP contribution in [0.25, 0.3) is 0 Å². The van der Waals surface area contributed by atoms with Crippen molar-refractivity contribution in [2.45, 2.75) is 32.4 Å². The number of nitrogens with one attached hydrogen (secondary N) is 1. The third kappa shape index (κ3) is 4.18. The van der Waals surface area contributed by atoms with Crippen LogP contribution in [0.15, 0.2) is 54.7 Å². The summed E-state index contributed by atoms with van der Waals surface area (Å²) < 4.78 is -0.374. The van der Waals surface area contributed by atoms with Crippen molar-refractivity contribution >= 4 is 17.4 Å². The highest BCUT2D eigenvalue weighted by Crippen LogP contribution is 2.27. The van der Waals surface area contributed by atoms with E-state index >= 15 is 0 Å². The minimum atomic E-state index is -0.374. The highest BCUT2D eigenvalue weighted by Gasteiger charge is 2.51. The number of aromatic nitrogens is 1. The van der Waals surface area contributed by atoms with Gasteiger partial charge in [0.1, 0.15) is 0 Å². The first-order chi connectivity index (χ1) is 13.4. The van der Waals surface area contributed by atoms with E-state index in [0.717, 1.165) is 5.69 Å². The van der Waals surface area contributed by atoms with Crippen molar-refractivity contribution in [2.24, 2.45) is 0 Å². The fourth-order valence-corrected chi connectivity index (χ4v) is 3.95. The van der Waals surface area contributed by atoms with Crippen LogP contribution < -0.4 is 9.91 Å². The number of nitro groups is 1. The van der Waals surface area contributed by atoms with Gasteiger partial charge in [-0.05, 0) is 32.0 Å². The Morgan fingerprint density at radius 3 is 2.64 bits per heavy atom. The number of pyridine rings is 1. The molecule has 8 heteroatoms. The molecule has 1 aliphatic heterocycles. The Kier molecular flexibility index (Phi) is 6.01. The van der Waals surface area contributed by atoms with Gasteiger partial charge < -0.3 is 5.32 Å². The van der Waals surface area contributed by atoms with Crippen LogP contribution in [0.1, 0.15) is 20.3 Å². The number of nitrogens with zero attached hydrogens (tertiary/aromatic N) is 4. The van der Waals surface area contributed by atoms with Crippen molar-refractivity contribution in [3.63, 3.8) is 0 Å². The van der Waals surface area contributed by atoms with Gasteiger partial charge >= 0.3 is 0 Å². The highest BCUT2D eigenvalue weighted by molar-refractivity contribution is 5.91. The predicted molar refractivity (Wildman–Crippen MR) is 108 cm³/mol. The number of amides is 1. The molecule has 1 saturated heterocycles. The van der Waals surface area contributed by atoms with Gasteiger partial charge in [0, 0.05) is 35.0 Å². The van der Waals surface area contributed by atoms with Gasteiger partial charge in [-0.25, -0.2) is 15.1 Å². The second-order valence-electron chi connectivity index (χ2n) is 7.31. The number of hydrogen-bond acceptors (Lipinski definition) is 5. The first kappa shape index (κ1) is 19.9. The lowest BCUT2D eigenvalue weighted by Gasteiger charge is -2.41. The fraction of sp³-hybridized carbons (Fsp3) is 0.400. The molecule has 0 bridgehead atoms. The Balaban J connectivity index is 1.65. The zero-order valence-corrected chi connectivity index (χ0v) is 16.2. The summed E-state index contributed by atoms with van der Waals surface area (Å²) in [6.07, 6.45) is 1.92. The Morgan fingerprint density at radius 1 is 1.32 bits per heavy atom. The van der Waals surface area contributed by atoms with E-state index in [9.17, 15) is 14.9 Å². The molecule has 28 heavy (non-hydrogen) atoms. The van der Waals surface area contributed by atoms with Crippen molar-refractivity contribution in [1.82, 2.24) is 14.5 Å². The molecule has 0 saturated carbocycles. The Labute approximate surface area is 164 Å². The summed E-state index contributed by atoms with van der Waals surface area (Å²) in [6.45, 7) is 5.13. The molecular formula is C20H26N5O3+. The molecule has 148 valence electrons. The SMILES string of the molecule is CC(CC(=O)Nc1ccccc1)N1CC[N+](c2ccccn2)([N+](=O)[O-])CC1C. The summed E-state index contributed by atoms with van der Waals surface area (Å²) in [5.41, 5.74) is 0.769. The van der Waals surface area contributed by atoms with Gasteiger partial charge in [-0.2, -0.15) is 0 Å². The fourth-order valence-electron chi connectivity index (χ4n) is 3.95. The molecule has 0 aliphatic carbocycles. The van der Waals surface area contributed by atoms with Gasteiger partial charge in [0.15, 0.2) is 13.1 Å². The minimum absolute atomic E-state index is 0.0172. The van der Waals surface area contributed by atoms with Crippen molar-refractivity contribution in [2.75, 3.05) is 25.0 Å². The van der Waals surface area contributed by atoms with Crippen LogP contribution in [0, 0.1) is 10.1 Å². The lowest BCUT2D eigenvalue weighted by atomic mass is 10.1. The maximum Gasteiger partial charge on any atom is 0.289 e. The minimum Gasteiger partial charge on any atom is -0.326 e.